The highest BCUT2D eigenvalue weighted by atomic mass is 16.5. The van der Waals surface area contributed by atoms with Gasteiger partial charge in [-0.05, 0) is 61.1 Å². The molecule has 3 unspecified atom stereocenters. The summed E-state index contributed by atoms with van der Waals surface area (Å²) in [6.45, 7) is 0. The zero-order valence-corrected chi connectivity index (χ0v) is 20.9. The van der Waals surface area contributed by atoms with Gasteiger partial charge in [-0.1, -0.05) is 60.2 Å². The molecule has 1 saturated heterocycles. The number of nitrogens with one attached hydrogen (secondary N) is 3. The topological polar surface area (TPSA) is 78.5 Å². The van der Waals surface area contributed by atoms with Crippen molar-refractivity contribution < 1.29 is 9.53 Å². The lowest BCUT2D eigenvalue weighted by atomic mass is 9.81. The molecule has 0 spiro atoms. The van der Waals surface area contributed by atoms with E-state index < -0.39 is 0 Å². The molecule has 1 amide bonds. The molecular weight excluding hydrogens is 462 g/mol. The number of carbonyl (C=O) groups excluding carboxylic acids is 1. The van der Waals surface area contributed by atoms with Crippen LogP contribution in [0.1, 0.15) is 42.9 Å². The molecule has 1 aliphatic carbocycles. The average molecular weight is 494 g/mol. The van der Waals surface area contributed by atoms with E-state index in [1.54, 1.807) is 18.3 Å². The number of hydrogen-bond acceptors (Lipinski definition) is 6. The first-order valence-electron chi connectivity index (χ1n) is 12.9. The molecule has 188 valence electrons. The smallest absolute Gasteiger partial charge is 0.274 e. The van der Waals surface area contributed by atoms with E-state index in [1.165, 1.54) is 24.0 Å². The third-order valence-electron chi connectivity index (χ3n) is 7.44. The fourth-order valence-corrected chi connectivity index (χ4v) is 5.65. The van der Waals surface area contributed by atoms with Crippen LogP contribution < -0.4 is 20.8 Å². The molecule has 6 rings (SSSR count). The van der Waals surface area contributed by atoms with Gasteiger partial charge in [-0.2, -0.15) is 0 Å². The Balaban J connectivity index is 1.44. The quantitative estimate of drug-likeness (QED) is 0.419. The Kier molecular flexibility index (Phi) is 6.37. The summed E-state index contributed by atoms with van der Waals surface area (Å²) in [5, 5.41) is 8.92. The van der Waals surface area contributed by atoms with Gasteiger partial charge in [-0.25, -0.2) is 15.4 Å². The number of amides is 1. The maximum Gasteiger partial charge on any atom is 0.274 e. The summed E-state index contributed by atoms with van der Waals surface area (Å²) >= 11 is 0. The molecule has 7 nitrogen and oxygen atoms in total. The van der Waals surface area contributed by atoms with Gasteiger partial charge in [0.1, 0.15) is 23.6 Å². The molecular formula is C30H31N5O2. The maximum atomic E-state index is 14.2. The molecule has 3 N–H and O–H groups in total. The van der Waals surface area contributed by atoms with Crippen molar-refractivity contribution in [2.75, 3.05) is 12.4 Å². The summed E-state index contributed by atoms with van der Waals surface area (Å²) in [6.07, 6.45) is 8.41. The van der Waals surface area contributed by atoms with E-state index in [4.69, 9.17) is 4.74 Å². The zero-order chi connectivity index (χ0) is 25.2. The number of hydrogen-bond donors (Lipinski definition) is 3. The van der Waals surface area contributed by atoms with Crippen LogP contribution in [0.4, 0.5) is 5.82 Å². The van der Waals surface area contributed by atoms with Crippen LogP contribution in [-0.2, 0) is 4.79 Å². The van der Waals surface area contributed by atoms with Crippen molar-refractivity contribution in [3.63, 3.8) is 0 Å². The first-order valence-corrected chi connectivity index (χ1v) is 12.9. The van der Waals surface area contributed by atoms with E-state index in [2.05, 4.69) is 51.4 Å². The van der Waals surface area contributed by atoms with Crippen LogP contribution in [0.5, 0.6) is 5.75 Å². The number of pyridine rings is 1. The standard InChI is InChI=1S/C30H31N5O2/c1-37-23-17-15-21(16-18-23)26-28(32-24-14-8-9-19-31-24)33-29-25(20-10-4-2-5-11-20)27(34-35(29)30(26)36)22-12-6-3-7-13-22/h3,6-10,12-19,25,27,29,33-34H,2,4-5,11H2,1H3,(H,31,32). The monoisotopic (exact) mass is 493 g/mol. The molecule has 2 aromatic carbocycles. The largest absolute Gasteiger partial charge is 0.497 e. The Bertz CT molecular complexity index is 1320. The molecule has 2 aliphatic heterocycles. The summed E-state index contributed by atoms with van der Waals surface area (Å²) in [6, 6.07) is 23.7. The molecule has 7 heteroatoms. The van der Waals surface area contributed by atoms with Gasteiger partial charge >= 0.3 is 0 Å². The predicted molar refractivity (Wildman–Crippen MR) is 144 cm³/mol. The van der Waals surface area contributed by atoms with E-state index in [9.17, 15) is 4.79 Å². The molecule has 3 heterocycles. The Labute approximate surface area is 217 Å². The van der Waals surface area contributed by atoms with Crippen LogP contribution in [0.3, 0.4) is 0 Å². The summed E-state index contributed by atoms with van der Waals surface area (Å²) in [5.74, 6) is 2.10. The van der Waals surface area contributed by atoms with Gasteiger partial charge in [-0.3, -0.25) is 4.79 Å². The van der Waals surface area contributed by atoms with E-state index in [-0.39, 0.29) is 24.0 Å². The fraction of sp³-hybridized carbons (Fsp3) is 0.267. The van der Waals surface area contributed by atoms with Gasteiger partial charge in [-0.15, -0.1) is 0 Å². The minimum Gasteiger partial charge on any atom is -0.497 e. The number of nitrogens with zero attached hydrogens (tertiary/aromatic N) is 2. The Hall–Kier alpha value is -4.10. The van der Waals surface area contributed by atoms with Crippen molar-refractivity contribution in [3.05, 3.63) is 108 Å². The minimum atomic E-state index is -0.240. The van der Waals surface area contributed by atoms with Gasteiger partial charge < -0.3 is 15.4 Å². The lowest BCUT2D eigenvalue weighted by molar-refractivity contribution is -0.130. The Morgan fingerprint density at radius 1 is 1.00 bits per heavy atom. The zero-order valence-electron chi connectivity index (χ0n) is 20.9. The molecule has 3 aromatic rings. The van der Waals surface area contributed by atoms with Crippen LogP contribution in [-0.4, -0.2) is 29.2 Å². The van der Waals surface area contributed by atoms with E-state index in [1.807, 2.05) is 48.5 Å². The molecule has 0 bridgehead atoms. The number of rotatable bonds is 6. The van der Waals surface area contributed by atoms with Crippen LogP contribution in [0, 0.1) is 5.92 Å². The highest BCUT2D eigenvalue weighted by Gasteiger charge is 2.50. The predicted octanol–water partition coefficient (Wildman–Crippen LogP) is 5.00. The second kappa shape index (κ2) is 10.1. The van der Waals surface area contributed by atoms with Gasteiger partial charge in [0, 0.05) is 12.1 Å². The normalized spacial score (nSPS) is 23.3. The number of hydrazine groups is 1. The second-order valence-corrected chi connectivity index (χ2v) is 9.65. The van der Waals surface area contributed by atoms with E-state index >= 15 is 0 Å². The van der Waals surface area contributed by atoms with Crippen molar-refractivity contribution >= 4 is 17.3 Å². The van der Waals surface area contributed by atoms with Crippen molar-refractivity contribution in [1.29, 1.82) is 0 Å². The Morgan fingerprint density at radius 2 is 1.81 bits per heavy atom. The van der Waals surface area contributed by atoms with E-state index in [0.29, 0.717) is 17.2 Å². The van der Waals surface area contributed by atoms with Crippen molar-refractivity contribution in [2.24, 2.45) is 5.92 Å². The highest BCUT2D eigenvalue weighted by Crippen LogP contribution is 2.43. The number of methoxy groups -OCH3 is 1. The van der Waals surface area contributed by atoms with Crippen molar-refractivity contribution in [2.45, 2.75) is 37.9 Å². The summed E-state index contributed by atoms with van der Waals surface area (Å²) in [7, 11) is 1.64. The number of allylic oxidation sites excluding steroid dienone is 1. The number of aromatic nitrogens is 1. The average Bonchev–Trinajstić information content (AvgIpc) is 3.35. The van der Waals surface area contributed by atoms with E-state index in [0.717, 1.165) is 24.2 Å². The summed E-state index contributed by atoms with van der Waals surface area (Å²) in [5.41, 5.74) is 7.53. The third-order valence-corrected chi connectivity index (χ3v) is 7.44. The van der Waals surface area contributed by atoms with Gasteiger partial charge in [0.15, 0.2) is 0 Å². The lowest BCUT2D eigenvalue weighted by Crippen LogP contribution is -2.55. The van der Waals surface area contributed by atoms with Gasteiger partial charge in [0.05, 0.1) is 18.7 Å². The minimum absolute atomic E-state index is 0.0154. The lowest BCUT2D eigenvalue weighted by Gasteiger charge is -2.37. The number of ether oxygens (including phenoxy) is 1. The molecule has 1 fully saturated rings. The van der Waals surface area contributed by atoms with Crippen LogP contribution in [0.25, 0.3) is 5.57 Å². The molecule has 3 atom stereocenters. The summed E-state index contributed by atoms with van der Waals surface area (Å²) < 4.78 is 5.35. The maximum absolute atomic E-state index is 14.2. The van der Waals surface area contributed by atoms with Crippen LogP contribution in [0.2, 0.25) is 0 Å². The van der Waals surface area contributed by atoms with Crippen LogP contribution >= 0.6 is 0 Å². The summed E-state index contributed by atoms with van der Waals surface area (Å²) in [4.78, 5) is 18.7. The molecule has 3 aliphatic rings. The second-order valence-electron chi connectivity index (χ2n) is 9.65. The van der Waals surface area contributed by atoms with Crippen molar-refractivity contribution in [3.8, 4) is 5.75 Å². The van der Waals surface area contributed by atoms with Gasteiger partial charge in [0.2, 0.25) is 0 Å². The number of anilines is 1. The molecule has 0 radical (unpaired) electrons. The fourth-order valence-electron chi connectivity index (χ4n) is 5.65. The van der Waals surface area contributed by atoms with Crippen molar-refractivity contribution in [1.82, 2.24) is 20.7 Å². The number of fused-ring (bicyclic) bond motifs is 1. The first-order chi connectivity index (χ1) is 18.2. The van der Waals surface area contributed by atoms with Crippen LogP contribution in [0.15, 0.2) is 96.5 Å². The Morgan fingerprint density at radius 3 is 2.51 bits per heavy atom. The van der Waals surface area contributed by atoms with Gasteiger partial charge in [0.25, 0.3) is 5.91 Å². The third kappa shape index (κ3) is 4.47. The number of benzene rings is 2. The molecule has 1 aromatic heterocycles. The molecule has 0 saturated carbocycles. The number of carbonyl (C=O) groups is 1. The SMILES string of the molecule is COc1ccc(C2=C(Nc3ccccn3)NC3C(C4=CCCCC4)C(c4ccccc4)NN3C2=O)cc1. The highest BCUT2D eigenvalue weighted by molar-refractivity contribution is 6.21. The first kappa shape index (κ1) is 23.3. The molecule has 37 heavy (non-hydrogen) atoms.